The predicted octanol–water partition coefficient (Wildman–Crippen LogP) is 3.37. The van der Waals surface area contributed by atoms with Crippen molar-refractivity contribution in [2.45, 2.75) is 38.0 Å². The first-order chi connectivity index (χ1) is 8.86. The maximum absolute atomic E-state index is 5.95. The van der Waals surface area contributed by atoms with Crippen LogP contribution in [0.5, 0.6) is 0 Å². The molecule has 0 unspecified atom stereocenters. The third kappa shape index (κ3) is 1.98. The van der Waals surface area contributed by atoms with Crippen molar-refractivity contribution in [3.63, 3.8) is 0 Å². The number of nitrogens with two attached hydrogens (primary N) is 1. The van der Waals surface area contributed by atoms with Crippen LogP contribution in [0.25, 0.3) is 11.1 Å². The van der Waals surface area contributed by atoms with Crippen molar-refractivity contribution in [3.8, 4) is 11.1 Å². The summed E-state index contributed by atoms with van der Waals surface area (Å²) in [5.74, 6) is 1.91. The second-order valence-electron chi connectivity index (χ2n) is 4.88. The van der Waals surface area contributed by atoms with E-state index >= 15 is 0 Å². The molecule has 1 aliphatic carbocycles. The van der Waals surface area contributed by atoms with E-state index in [9.17, 15) is 0 Å². The van der Waals surface area contributed by atoms with Crippen molar-refractivity contribution < 1.29 is 4.52 Å². The summed E-state index contributed by atoms with van der Waals surface area (Å²) in [7, 11) is 0. The molecular formula is C14H17N3O. The minimum absolute atomic E-state index is 0.465. The van der Waals surface area contributed by atoms with Gasteiger partial charge in [0.05, 0.1) is 5.56 Å². The molecule has 18 heavy (non-hydrogen) atoms. The van der Waals surface area contributed by atoms with Crippen LogP contribution in [0.4, 0.5) is 5.82 Å². The number of nitrogen functional groups attached to an aromatic ring is 1. The summed E-state index contributed by atoms with van der Waals surface area (Å²) in [6.45, 7) is 0. The second-order valence-corrected chi connectivity index (χ2v) is 4.88. The molecule has 0 spiro atoms. The number of aromatic nitrogens is 2. The van der Waals surface area contributed by atoms with E-state index < -0.39 is 0 Å². The largest absolute Gasteiger partial charge is 0.380 e. The summed E-state index contributed by atoms with van der Waals surface area (Å²) >= 11 is 0. The lowest BCUT2D eigenvalue weighted by Gasteiger charge is -2.19. The van der Waals surface area contributed by atoms with Gasteiger partial charge in [-0.3, -0.25) is 4.98 Å². The quantitative estimate of drug-likeness (QED) is 0.878. The van der Waals surface area contributed by atoms with E-state index in [2.05, 4.69) is 10.1 Å². The summed E-state index contributed by atoms with van der Waals surface area (Å²) in [6.07, 6.45) is 9.74. The van der Waals surface area contributed by atoms with Crippen LogP contribution >= 0.6 is 0 Å². The fourth-order valence-electron chi connectivity index (χ4n) is 2.77. The Balaban J connectivity index is 2.01. The zero-order valence-electron chi connectivity index (χ0n) is 10.3. The fraction of sp³-hybridized carbons (Fsp3) is 0.429. The lowest BCUT2D eigenvalue weighted by atomic mass is 9.85. The predicted molar refractivity (Wildman–Crippen MR) is 70.0 cm³/mol. The van der Waals surface area contributed by atoms with Gasteiger partial charge < -0.3 is 10.3 Å². The molecule has 0 saturated heterocycles. The lowest BCUT2D eigenvalue weighted by Crippen LogP contribution is -2.05. The average molecular weight is 243 g/mol. The summed E-state index contributed by atoms with van der Waals surface area (Å²) in [5, 5.41) is 3.95. The van der Waals surface area contributed by atoms with Crippen LogP contribution in [0.3, 0.4) is 0 Å². The Morgan fingerprint density at radius 3 is 2.56 bits per heavy atom. The zero-order chi connectivity index (χ0) is 12.4. The number of rotatable bonds is 2. The zero-order valence-corrected chi connectivity index (χ0v) is 10.3. The Morgan fingerprint density at radius 2 is 1.83 bits per heavy atom. The summed E-state index contributed by atoms with van der Waals surface area (Å²) in [5.41, 5.74) is 7.96. The van der Waals surface area contributed by atoms with Crippen molar-refractivity contribution in [2.75, 3.05) is 5.73 Å². The molecule has 4 nitrogen and oxygen atoms in total. The van der Waals surface area contributed by atoms with E-state index in [0.29, 0.717) is 11.7 Å². The maximum atomic E-state index is 5.95. The standard InChI is InChI=1S/C14H17N3O/c15-14-12(10-6-8-16-9-7-10)13(18-17-14)11-4-2-1-3-5-11/h6-9,11H,1-5H2,(H2,15,17). The Bertz CT molecular complexity index is 515. The molecule has 0 radical (unpaired) electrons. The van der Waals surface area contributed by atoms with Gasteiger partial charge >= 0.3 is 0 Å². The normalized spacial score (nSPS) is 16.9. The van der Waals surface area contributed by atoms with Gasteiger partial charge in [-0.05, 0) is 30.5 Å². The number of nitrogens with zero attached hydrogens (tertiary/aromatic N) is 2. The molecule has 0 aromatic carbocycles. The molecule has 0 bridgehead atoms. The topological polar surface area (TPSA) is 64.9 Å². The van der Waals surface area contributed by atoms with E-state index in [1.165, 1.54) is 32.1 Å². The molecule has 3 rings (SSSR count). The van der Waals surface area contributed by atoms with Crippen molar-refractivity contribution in [1.29, 1.82) is 0 Å². The molecule has 94 valence electrons. The molecule has 2 aromatic rings. The van der Waals surface area contributed by atoms with Crippen LogP contribution in [-0.2, 0) is 0 Å². The molecule has 2 aromatic heterocycles. The molecule has 1 fully saturated rings. The number of hydrogen-bond acceptors (Lipinski definition) is 4. The van der Waals surface area contributed by atoms with Crippen molar-refractivity contribution in [2.24, 2.45) is 0 Å². The molecule has 2 heterocycles. The van der Waals surface area contributed by atoms with E-state index in [1.807, 2.05) is 12.1 Å². The Labute approximate surface area is 106 Å². The summed E-state index contributed by atoms with van der Waals surface area (Å²) in [6, 6.07) is 3.91. The first-order valence-corrected chi connectivity index (χ1v) is 6.51. The van der Waals surface area contributed by atoms with Crippen LogP contribution in [0.15, 0.2) is 29.0 Å². The maximum Gasteiger partial charge on any atom is 0.175 e. The van der Waals surface area contributed by atoms with E-state index in [1.54, 1.807) is 12.4 Å². The minimum atomic E-state index is 0.465. The van der Waals surface area contributed by atoms with Crippen molar-refractivity contribution in [3.05, 3.63) is 30.3 Å². The highest BCUT2D eigenvalue weighted by atomic mass is 16.5. The van der Waals surface area contributed by atoms with Gasteiger partial charge in [0.1, 0.15) is 5.76 Å². The van der Waals surface area contributed by atoms with Crippen LogP contribution in [0.2, 0.25) is 0 Å². The van der Waals surface area contributed by atoms with Crippen molar-refractivity contribution in [1.82, 2.24) is 10.1 Å². The first kappa shape index (κ1) is 11.3. The van der Waals surface area contributed by atoms with Crippen LogP contribution in [0.1, 0.15) is 43.8 Å². The van der Waals surface area contributed by atoms with Gasteiger partial charge in [0.15, 0.2) is 5.82 Å². The van der Waals surface area contributed by atoms with Gasteiger partial charge in [-0.25, -0.2) is 0 Å². The SMILES string of the molecule is Nc1noc(C2CCCCC2)c1-c1ccncc1. The fourth-order valence-corrected chi connectivity index (χ4v) is 2.77. The highest BCUT2D eigenvalue weighted by Crippen LogP contribution is 2.40. The number of anilines is 1. The van der Waals surface area contributed by atoms with E-state index in [-0.39, 0.29) is 0 Å². The van der Waals surface area contributed by atoms with Crippen molar-refractivity contribution >= 4 is 5.82 Å². The molecule has 2 N–H and O–H groups in total. The number of hydrogen-bond donors (Lipinski definition) is 1. The molecule has 4 heteroatoms. The van der Waals surface area contributed by atoms with Crippen LogP contribution < -0.4 is 5.73 Å². The molecule has 0 amide bonds. The summed E-state index contributed by atoms with van der Waals surface area (Å²) in [4.78, 5) is 4.04. The highest BCUT2D eigenvalue weighted by molar-refractivity contribution is 5.75. The minimum Gasteiger partial charge on any atom is -0.380 e. The summed E-state index contributed by atoms with van der Waals surface area (Å²) < 4.78 is 5.49. The molecule has 1 saturated carbocycles. The monoisotopic (exact) mass is 243 g/mol. The second kappa shape index (κ2) is 4.80. The van der Waals surface area contributed by atoms with Gasteiger partial charge in [0.25, 0.3) is 0 Å². The lowest BCUT2D eigenvalue weighted by molar-refractivity contribution is 0.323. The van der Waals surface area contributed by atoms with Gasteiger partial charge in [-0.2, -0.15) is 0 Å². The highest BCUT2D eigenvalue weighted by Gasteiger charge is 2.25. The Hall–Kier alpha value is -1.84. The van der Waals surface area contributed by atoms with E-state index in [4.69, 9.17) is 10.3 Å². The molecule has 0 aliphatic heterocycles. The Morgan fingerprint density at radius 1 is 1.11 bits per heavy atom. The Kier molecular flexibility index (Phi) is 3.00. The van der Waals surface area contributed by atoms with Crippen LogP contribution in [0, 0.1) is 0 Å². The first-order valence-electron chi connectivity index (χ1n) is 6.51. The average Bonchev–Trinajstić information content (AvgIpc) is 2.83. The number of pyridine rings is 1. The van der Waals surface area contributed by atoms with Crippen LogP contribution in [-0.4, -0.2) is 10.1 Å². The van der Waals surface area contributed by atoms with Gasteiger partial charge in [-0.15, -0.1) is 0 Å². The molecule has 1 aliphatic rings. The van der Waals surface area contributed by atoms with Gasteiger partial charge in [0.2, 0.25) is 0 Å². The van der Waals surface area contributed by atoms with Gasteiger partial charge in [0, 0.05) is 18.3 Å². The van der Waals surface area contributed by atoms with Gasteiger partial charge in [-0.1, -0.05) is 24.4 Å². The molecular weight excluding hydrogens is 226 g/mol. The molecule has 0 atom stereocenters. The smallest absolute Gasteiger partial charge is 0.175 e. The van der Waals surface area contributed by atoms with E-state index in [0.717, 1.165) is 16.9 Å². The third-order valence-corrected chi connectivity index (χ3v) is 3.69. The third-order valence-electron chi connectivity index (χ3n) is 3.69.